The number of esters is 2. The number of rotatable bonds is 5. The molecule has 0 N–H and O–H groups in total. The summed E-state index contributed by atoms with van der Waals surface area (Å²) in [5.41, 5.74) is 0.361. The van der Waals surface area contributed by atoms with Gasteiger partial charge in [0, 0.05) is 6.42 Å². The quantitative estimate of drug-likeness (QED) is 0.431. The van der Waals surface area contributed by atoms with Gasteiger partial charge < -0.3 is 9.47 Å². The van der Waals surface area contributed by atoms with Crippen molar-refractivity contribution in [2.24, 2.45) is 22.7 Å². The summed E-state index contributed by atoms with van der Waals surface area (Å²) >= 11 is 0. The average molecular weight is 350 g/mol. The van der Waals surface area contributed by atoms with E-state index in [4.69, 9.17) is 4.74 Å². The first-order valence-electron chi connectivity index (χ1n) is 9.03. The van der Waals surface area contributed by atoms with Crippen LogP contribution in [0.1, 0.15) is 58.8 Å². The summed E-state index contributed by atoms with van der Waals surface area (Å²) in [6.45, 7) is 8.39. The van der Waals surface area contributed by atoms with Crippen LogP contribution >= 0.6 is 0 Å². The molecular weight excluding hydrogens is 320 g/mol. The molecule has 5 nitrogen and oxygen atoms in total. The molecule has 0 radical (unpaired) electrons. The van der Waals surface area contributed by atoms with E-state index in [0.29, 0.717) is 0 Å². The Kier molecular flexibility index (Phi) is 5.75. The first-order chi connectivity index (χ1) is 11.7. The summed E-state index contributed by atoms with van der Waals surface area (Å²) in [4.78, 5) is 36.3. The maximum atomic E-state index is 12.5. The summed E-state index contributed by atoms with van der Waals surface area (Å²) < 4.78 is 9.71. The fraction of sp³-hybridized carbons (Fsp3) is 0.750. The van der Waals surface area contributed by atoms with Crippen LogP contribution in [-0.2, 0) is 23.9 Å². The Morgan fingerprint density at radius 3 is 2.44 bits per heavy atom. The van der Waals surface area contributed by atoms with E-state index < -0.39 is 11.4 Å². The maximum Gasteiger partial charge on any atom is 0.313 e. The molecule has 4 atom stereocenters. The van der Waals surface area contributed by atoms with Crippen LogP contribution in [-0.4, -0.2) is 31.9 Å². The van der Waals surface area contributed by atoms with Crippen molar-refractivity contribution in [2.75, 3.05) is 14.2 Å². The van der Waals surface area contributed by atoms with Crippen LogP contribution in [0.3, 0.4) is 0 Å². The number of ether oxygens (including phenoxy) is 2. The zero-order chi connectivity index (χ0) is 18.8. The van der Waals surface area contributed by atoms with Crippen molar-refractivity contribution in [2.45, 2.75) is 58.8 Å². The van der Waals surface area contributed by atoms with Crippen molar-refractivity contribution >= 4 is 17.7 Å². The number of hydrogen-bond donors (Lipinski definition) is 0. The summed E-state index contributed by atoms with van der Waals surface area (Å²) in [5.74, 6) is -0.632. The van der Waals surface area contributed by atoms with Gasteiger partial charge in [-0.2, -0.15) is 0 Å². The second-order valence-electron chi connectivity index (χ2n) is 8.07. The molecule has 5 heteroatoms. The molecule has 25 heavy (non-hydrogen) atoms. The molecule has 0 heterocycles. The standard InChI is InChI=1S/C20H30O5/c1-13-7-8-16-19(2,9-6-10-20(16,3)18(23)25-5)15(13)11-14(21)12-17(22)24-4/h15-16H,1,6-12H2,2-5H3/t15-,16+,19+,20-/m0/s1. The monoisotopic (exact) mass is 350 g/mol. The van der Waals surface area contributed by atoms with E-state index in [1.165, 1.54) is 14.2 Å². The molecule has 0 aromatic carbocycles. The van der Waals surface area contributed by atoms with Crippen LogP contribution in [0.25, 0.3) is 0 Å². The van der Waals surface area contributed by atoms with Gasteiger partial charge in [-0.25, -0.2) is 0 Å². The zero-order valence-electron chi connectivity index (χ0n) is 15.9. The Labute approximate surface area is 150 Å². The lowest BCUT2D eigenvalue weighted by Gasteiger charge is -2.57. The van der Waals surface area contributed by atoms with Crippen molar-refractivity contribution in [3.05, 3.63) is 12.2 Å². The minimum absolute atomic E-state index is 0.00677. The van der Waals surface area contributed by atoms with E-state index in [2.05, 4.69) is 18.2 Å². The predicted octanol–water partition coefficient (Wildman–Crippen LogP) is 3.46. The number of ketones is 1. The van der Waals surface area contributed by atoms with Gasteiger partial charge in [0.2, 0.25) is 0 Å². The van der Waals surface area contributed by atoms with Crippen molar-refractivity contribution in [1.29, 1.82) is 0 Å². The van der Waals surface area contributed by atoms with Crippen LogP contribution in [0.15, 0.2) is 12.2 Å². The molecule has 2 aliphatic rings. The van der Waals surface area contributed by atoms with Gasteiger partial charge in [0.1, 0.15) is 12.2 Å². The van der Waals surface area contributed by atoms with Crippen LogP contribution in [0.2, 0.25) is 0 Å². The fourth-order valence-corrected chi connectivity index (χ4v) is 5.34. The molecule has 2 saturated carbocycles. The molecule has 2 aliphatic carbocycles. The highest BCUT2D eigenvalue weighted by molar-refractivity contribution is 5.95. The van der Waals surface area contributed by atoms with Gasteiger partial charge in [-0.3, -0.25) is 14.4 Å². The molecule has 0 bridgehead atoms. The lowest BCUT2D eigenvalue weighted by atomic mass is 9.46. The SMILES string of the molecule is C=C1CC[C@@H]2[C@](C)(CCC[C@]2(C)C(=O)OC)[C@H]1CC(=O)CC(=O)OC. The Hall–Kier alpha value is -1.65. The van der Waals surface area contributed by atoms with E-state index in [1.54, 1.807) is 0 Å². The third kappa shape index (κ3) is 3.51. The highest BCUT2D eigenvalue weighted by atomic mass is 16.5. The topological polar surface area (TPSA) is 69.7 Å². The van der Waals surface area contributed by atoms with E-state index in [1.807, 2.05) is 6.92 Å². The summed E-state index contributed by atoms with van der Waals surface area (Å²) in [7, 11) is 2.73. The smallest absolute Gasteiger partial charge is 0.313 e. The lowest BCUT2D eigenvalue weighted by Crippen LogP contribution is -2.54. The van der Waals surface area contributed by atoms with Crippen LogP contribution in [0.5, 0.6) is 0 Å². The zero-order valence-corrected chi connectivity index (χ0v) is 15.9. The highest BCUT2D eigenvalue weighted by Crippen LogP contribution is 2.62. The molecule has 0 saturated heterocycles. The Balaban J connectivity index is 2.28. The number of allylic oxidation sites excluding steroid dienone is 1. The third-order valence-electron chi connectivity index (χ3n) is 6.67. The molecule has 0 aliphatic heterocycles. The van der Waals surface area contributed by atoms with E-state index >= 15 is 0 Å². The van der Waals surface area contributed by atoms with E-state index in [-0.39, 0.29) is 41.8 Å². The molecule has 0 aromatic heterocycles. The lowest BCUT2D eigenvalue weighted by molar-refractivity contribution is -0.168. The number of carbonyl (C=O) groups excluding carboxylic acids is 3. The molecule has 2 rings (SSSR count). The van der Waals surface area contributed by atoms with E-state index in [0.717, 1.165) is 37.7 Å². The van der Waals surface area contributed by atoms with Gasteiger partial charge in [0.15, 0.2) is 0 Å². The Morgan fingerprint density at radius 1 is 1.16 bits per heavy atom. The minimum Gasteiger partial charge on any atom is -0.469 e. The Bertz CT molecular complexity index is 581. The molecule has 2 fully saturated rings. The first-order valence-corrected chi connectivity index (χ1v) is 9.03. The summed E-state index contributed by atoms with van der Waals surface area (Å²) in [5, 5.41) is 0. The fourth-order valence-electron chi connectivity index (χ4n) is 5.34. The highest BCUT2D eigenvalue weighted by Gasteiger charge is 2.58. The van der Waals surface area contributed by atoms with Gasteiger partial charge in [-0.1, -0.05) is 25.5 Å². The van der Waals surface area contributed by atoms with Crippen molar-refractivity contribution in [3.8, 4) is 0 Å². The Morgan fingerprint density at radius 2 is 1.84 bits per heavy atom. The third-order valence-corrected chi connectivity index (χ3v) is 6.67. The van der Waals surface area contributed by atoms with Gasteiger partial charge >= 0.3 is 11.9 Å². The molecule has 140 valence electrons. The predicted molar refractivity (Wildman–Crippen MR) is 93.7 cm³/mol. The van der Waals surface area contributed by atoms with Crippen molar-refractivity contribution in [1.82, 2.24) is 0 Å². The number of fused-ring (bicyclic) bond motifs is 1. The average Bonchev–Trinajstić information content (AvgIpc) is 2.57. The van der Waals surface area contributed by atoms with Crippen molar-refractivity contribution in [3.63, 3.8) is 0 Å². The van der Waals surface area contributed by atoms with Gasteiger partial charge in [-0.15, -0.1) is 0 Å². The summed E-state index contributed by atoms with van der Waals surface area (Å²) in [6, 6.07) is 0. The number of hydrogen-bond acceptors (Lipinski definition) is 5. The largest absolute Gasteiger partial charge is 0.469 e. The molecule has 0 amide bonds. The van der Waals surface area contributed by atoms with Gasteiger partial charge in [0.05, 0.1) is 19.6 Å². The second kappa shape index (κ2) is 7.30. The first kappa shape index (κ1) is 19.7. The minimum atomic E-state index is -0.522. The molecule has 0 unspecified atom stereocenters. The maximum absolute atomic E-state index is 12.5. The normalized spacial score (nSPS) is 34.8. The number of Topliss-reactive ketones (excluding diaryl/α,β-unsaturated/α-hetero) is 1. The molecular formula is C20H30O5. The van der Waals surface area contributed by atoms with Gasteiger partial charge in [-0.05, 0) is 49.9 Å². The van der Waals surface area contributed by atoms with Crippen LogP contribution in [0.4, 0.5) is 0 Å². The van der Waals surface area contributed by atoms with Gasteiger partial charge in [0.25, 0.3) is 0 Å². The van der Waals surface area contributed by atoms with E-state index in [9.17, 15) is 14.4 Å². The van der Waals surface area contributed by atoms with Crippen LogP contribution in [0, 0.1) is 22.7 Å². The summed E-state index contributed by atoms with van der Waals surface area (Å²) in [6.07, 6.45) is 4.49. The number of carbonyl (C=O) groups is 3. The second-order valence-corrected chi connectivity index (χ2v) is 8.07. The number of methoxy groups -OCH3 is 2. The molecule has 0 spiro atoms. The molecule has 0 aromatic rings. The van der Waals surface area contributed by atoms with Crippen LogP contribution < -0.4 is 0 Å². The van der Waals surface area contributed by atoms with Crippen molar-refractivity contribution < 1.29 is 23.9 Å².